The molecule has 0 saturated heterocycles. The van der Waals surface area contributed by atoms with Gasteiger partial charge < -0.3 is 10.5 Å². The van der Waals surface area contributed by atoms with Crippen molar-refractivity contribution in [3.8, 4) is 0 Å². The Balaban J connectivity index is 3.55. The number of carbonyl (C=O) groups excluding carboxylic acids is 1. The average molecular weight is 112 g/mol. The van der Waals surface area contributed by atoms with Gasteiger partial charge in [0.1, 0.15) is 0 Å². The van der Waals surface area contributed by atoms with Crippen LogP contribution in [0.4, 0.5) is 0 Å². The van der Waals surface area contributed by atoms with Gasteiger partial charge in [0, 0.05) is 0 Å². The molecule has 0 rings (SSSR count). The molecule has 0 aliphatic carbocycles. The molecule has 0 aliphatic rings. The number of hydrogen-bond acceptors (Lipinski definition) is 2. The van der Waals surface area contributed by atoms with Gasteiger partial charge in [-0.25, -0.2) is 0 Å². The Morgan fingerprint density at radius 3 is 2.00 bits per heavy atom. The maximum Gasteiger partial charge on any atom is 0.226 e. The molecule has 0 aromatic rings. The van der Waals surface area contributed by atoms with Gasteiger partial charge in [0.05, 0.1) is 5.68 Å². The molecule has 0 saturated carbocycles. The minimum atomic E-state index is -0.453. The molecule has 45 valence electrons. The van der Waals surface area contributed by atoms with E-state index in [1.807, 2.05) is 0 Å². The lowest BCUT2D eigenvalue weighted by Gasteiger charge is -2.13. The van der Waals surface area contributed by atoms with Crippen LogP contribution in [0.15, 0.2) is 0 Å². The van der Waals surface area contributed by atoms with E-state index in [0.29, 0.717) is 0 Å². The molecule has 8 heavy (non-hydrogen) atoms. The molecule has 0 spiro atoms. The Hall–Kier alpha value is -0.305. The van der Waals surface area contributed by atoms with Crippen LogP contribution in [0.1, 0.15) is 20.8 Å². The van der Waals surface area contributed by atoms with Crippen molar-refractivity contribution in [2.75, 3.05) is 0 Å². The normalized spacial score (nSPS) is 11.0. The third-order valence-corrected chi connectivity index (χ3v) is 0.575. The van der Waals surface area contributed by atoms with Crippen LogP contribution < -0.4 is 5.73 Å². The summed E-state index contributed by atoms with van der Waals surface area (Å²) in [4.78, 5) is 10.3. The van der Waals surface area contributed by atoms with Crippen LogP contribution in [0.25, 0.3) is 0 Å². The van der Waals surface area contributed by atoms with Crippen molar-refractivity contribution in [2.45, 2.75) is 26.2 Å². The van der Waals surface area contributed by atoms with Crippen LogP contribution in [0.5, 0.6) is 0 Å². The Morgan fingerprint density at radius 2 is 2.00 bits per heavy atom. The van der Waals surface area contributed by atoms with Crippen LogP contribution in [0, 0.1) is 0 Å². The summed E-state index contributed by atoms with van der Waals surface area (Å²) in [7, 11) is 1.49. The first-order valence-corrected chi connectivity index (χ1v) is 2.57. The van der Waals surface area contributed by atoms with E-state index < -0.39 is 5.44 Å². The van der Waals surface area contributed by atoms with Crippen molar-refractivity contribution < 1.29 is 4.79 Å². The van der Waals surface area contributed by atoms with E-state index in [1.165, 1.54) is 14.2 Å². The number of carbonyl (C=O) groups is 1. The zero-order valence-electron chi connectivity index (χ0n) is 5.56. The van der Waals surface area contributed by atoms with Crippen LogP contribution in [-0.2, 0) is 4.79 Å². The van der Waals surface area contributed by atoms with Gasteiger partial charge in [-0.15, -0.1) is 0 Å². The van der Waals surface area contributed by atoms with Gasteiger partial charge in [-0.1, -0.05) is 13.8 Å². The first-order valence-electron chi connectivity index (χ1n) is 2.57. The number of hydrogen-bond donors (Lipinski definition) is 1. The minimum absolute atomic E-state index is 0.0255. The predicted octanol–water partition coefficient (Wildman–Crippen LogP) is -0.0681. The summed E-state index contributed by atoms with van der Waals surface area (Å²) >= 11 is 0. The molecule has 1 radical (unpaired) electrons. The molecule has 0 aliphatic heterocycles. The van der Waals surface area contributed by atoms with Gasteiger partial charge in [0.25, 0.3) is 0 Å². The number of rotatable bonds is 2. The third kappa shape index (κ3) is 5.69. The minimum Gasteiger partial charge on any atom is -0.332 e. The van der Waals surface area contributed by atoms with Gasteiger partial charge >= 0.3 is 0 Å². The Bertz CT molecular complexity index is 95.1. The fourth-order valence-corrected chi connectivity index (χ4v) is 0.524. The van der Waals surface area contributed by atoms with Crippen molar-refractivity contribution in [3.05, 3.63) is 0 Å². The average Bonchev–Trinajstić information content (AvgIpc) is 1.21. The molecule has 2 N–H and O–H groups in total. The molecule has 0 fully saturated rings. The van der Waals surface area contributed by atoms with E-state index in [1.54, 1.807) is 13.8 Å². The van der Waals surface area contributed by atoms with Crippen LogP contribution >= 0.6 is 0 Å². The number of nitrogens with two attached hydrogens (primary N) is 1. The van der Waals surface area contributed by atoms with Gasteiger partial charge in [-0.3, -0.25) is 0 Å². The molecule has 0 bridgehead atoms. The first kappa shape index (κ1) is 7.69. The topological polar surface area (TPSA) is 43.1 Å². The smallest absolute Gasteiger partial charge is 0.226 e. The zero-order chi connectivity index (χ0) is 6.78. The van der Waals surface area contributed by atoms with Crippen molar-refractivity contribution >= 4 is 13.0 Å². The monoisotopic (exact) mass is 112 g/mol. The van der Waals surface area contributed by atoms with Crippen molar-refractivity contribution in [1.29, 1.82) is 0 Å². The molecule has 0 unspecified atom stereocenters. The second-order valence-electron chi connectivity index (χ2n) is 2.58. The summed E-state index contributed by atoms with van der Waals surface area (Å²) in [6.07, 6.45) is 0. The molecule has 3 heteroatoms. The second-order valence-corrected chi connectivity index (χ2v) is 2.58. The Kier molecular flexibility index (Phi) is 2.22. The summed E-state index contributed by atoms with van der Waals surface area (Å²) in [6, 6.07) is 0. The largest absolute Gasteiger partial charge is 0.332 e. The Labute approximate surface area is 50.7 Å². The second kappa shape index (κ2) is 2.31. The summed E-state index contributed by atoms with van der Waals surface area (Å²) in [6.45, 7) is 5.07. The van der Waals surface area contributed by atoms with E-state index in [2.05, 4.69) is 0 Å². The molecule has 0 heterocycles. The third-order valence-electron chi connectivity index (χ3n) is 0.575. The van der Waals surface area contributed by atoms with Gasteiger partial charge in [0.15, 0.2) is 0 Å². The van der Waals surface area contributed by atoms with Crippen molar-refractivity contribution in [2.24, 2.45) is 5.73 Å². The van der Waals surface area contributed by atoms with Gasteiger partial charge in [-0.05, 0) is 12.4 Å². The fraction of sp³-hybridized carbons (Fsp3) is 0.800. The van der Waals surface area contributed by atoms with E-state index >= 15 is 0 Å². The molecule has 0 atom stereocenters. The summed E-state index contributed by atoms with van der Waals surface area (Å²) in [5.74, 6) is 0. The van der Waals surface area contributed by atoms with Crippen LogP contribution in [0.2, 0.25) is 0 Å². The highest BCUT2D eigenvalue weighted by molar-refractivity contribution is 6.75. The predicted molar refractivity (Wildman–Crippen MR) is 34.7 cm³/mol. The zero-order valence-corrected chi connectivity index (χ0v) is 5.56. The van der Waals surface area contributed by atoms with Crippen molar-refractivity contribution in [1.82, 2.24) is 0 Å². The summed E-state index contributed by atoms with van der Waals surface area (Å²) in [5.41, 5.74) is 5.03. The van der Waals surface area contributed by atoms with Gasteiger partial charge in [-0.2, -0.15) is 0 Å². The highest BCUT2D eigenvalue weighted by atomic mass is 16.1. The van der Waals surface area contributed by atoms with Crippen LogP contribution in [0.3, 0.4) is 0 Å². The molecule has 0 amide bonds. The highest BCUT2D eigenvalue weighted by Crippen LogP contribution is 1.91. The standard InChI is InChI=1S/C5H11BNO/c1-4(8)6-5(2,3)7/h7H2,1-3H3. The maximum atomic E-state index is 10.3. The van der Waals surface area contributed by atoms with E-state index in [4.69, 9.17) is 5.73 Å². The lowest BCUT2D eigenvalue weighted by molar-refractivity contribution is -0.110. The molecular formula is C5H11BNO. The highest BCUT2D eigenvalue weighted by Gasteiger charge is 2.14. The molecule has 2 nitrogen and oxygen atoms in total. The lowest BCUT2D eigenvalue weighted by Crippen LogP contribution is -2.42. The quantitative estimate of drug-likeness (QED) is 0.508. The summed E-state index contributed by atoms with van der Waals surface area (Å²) < 4.78 is 0. The van der Waals surface area contributed by atoms with Crippen LogP contribution in [-0.4, -0.2) is 18.4 Å². The maximum absolute atomic E-state index is 10.3. The van der Waals surface area contributed by atoms with Gasteiger partial charge in [0.2, 0.25) is 7.28 Å². The van der Waals surface area contributed by atoms with E-state index in [-0.39, 0.29) is 5.68 Å². The molecule has 0 aromatic heterocycles. The fourth-order valence-electron chi connectivity index (χ4n) is 0.524. The SMILES string of the molecule is CC(=O)[B]C(C)(C)N. The van der Waals surface area contributed by atoms with E-state index in [0.717, 1.165) is 0 Å². The molecule has 0 aromatic carbocycles. The lowest BCUT2D eigenvalue weighted by atomic mass is 9.58. The van der Waals surface area contributed by atoms with Crippen molar-refractivity contribution in [3.63, 3.8) is 0 Å². The first-order chi connectivity index (χ1) is 3.42. The summed E-state index contributed by atoms with van der Waals surface area (Å²) in [5, 5.41) is 0. The Morgan fingerprint density at radius 1 is 1.62 bits per heavy atom. The molecular weight excluding hydrogens is 101 g/mol. The van der Waals surface area contributed by atoms with E-state index in [9.17, 15) is 4.79 Å².